The largest absolute Gasteiger partial charge is 0.311 e. The first kappa shape index (κ1) is 13.1. The first-order valence-corrected chi connectivity index (χ1v) is 7.54. The second-order valence-electron chi connectivity index (χ2n) is 5.42. The molecule has 17 heavy (non-hydrogen) atoms. The highest BCUT2D eigenvalue weighted by atomic mass is 32.1. The van der Waals surface area contributed by atoms with E-state index in [1.54, 1.807) is 0 Å². The van der Waals surface area contributed by atoms with Crippen LogP contribution in [-0.4, -0.2) is 30.1 Å². The molecular formula is C14H24N2S. The highest BCUT2D eigenvalue weighted by molar-refractivity contribution is 7.10. The lowest BCUT2D eigenvalue weighted by molar-refractivity contribution is 0.179. The Bertz CT molecular complexity index is 346. The van der Waals surface area contributed by atoms with Crippen molar-refractivity contribution in [3.05, 3.63) is 21.9 Å². The molecule has 1 aromatic rings. The van der Waals surface area contributed by atoms with Crippen LogP contribution in [0.4, 0.5) is 0 Å². The topological polar surface area (TPSA) is 15.3 Å². The third kappa shape index (κ3) is 3.80. The lowest BCUT2D eigenvalue weighted by Gasteiger charge is -2.34. The van der Waals surface area contributed by atoms with Crippen molar-refractivity contribution in [1.29, 1.82) is 0 Å². The quantitative estimate of drug-likeness (QED) is 0.886. The molecule has 1 aliphatic heterocycles. The van der Waals surface area contributed by atoms with Crippen LogP contribution < -0.4 is 5.32 Å². The van der Waals surface area contributed by atoms with Crippen LogP contribution in [0.3, 0.4) is 0 Å². The normalized spacial score (nSPS) is 22.2. The summed E-state index contributed by atoms with van der Waals surface area (Å²) in [5.74, 6) is 0. The molecule has 0 aliphatic carbocycles. The molecule has 0 spiro atoms. The van der Waals surface area contributed by atoms with Gasteiger partial charge in [0.2, 0.25) is 0 Å². The summed E-state index contributed by atoms with van der Waals surface area (Å²) >= 11 is 1.90. The summed E-state index contributed by atoms with van der Waals surface area (Å²) in [6.07, 6.45) is 2.66. The third-order valence-electron chi connectivity index (χ3n) is 3.41. The van der Waals surface area contributed by atoms with Crippen LogP contribution >= 0.6 is 11.3 Å². The number of piperidine rings is 1. The molecule has 0 amide bonds. The fourth-order valence-corrected chi connectivity index (χ4v) is 3.52. The standard InChI is InChI=1S/C14H24N2S/c1-11(2)15-13-5-4-7-16(9-13)10-14-12(3)6-8-17-14/h6,8,11,13,15H,4-5,7,9-10H2,1-3H3. The van der Waals surface area contributed by atoms with Gasteiger partial charge < -0.3 is 5.32 Å². The minimum Gasteiger partial charge on any atom is -0.311 e. The Hall–Kier alpha value is -0.380. The SMILES string of the molecule is Cc1ccsc1CN1CCCC(NC(C)C)C1. The van der Waals surface area contributed by atoms with E-state index < -0.39 is 0 Å². The van der Waals surface area contributed by atoms with E-state index in [4.69, 9.17) is 0 Å². The van der Waals surface area contributed by atoms with Gasteiger partial charge in [-0.1, -0.05) is 13.8 Å². The van der Waals surface area contributed by atoms with Gasteiger partial charge in [-0.15, -0.1) is 11.3 Å². The molecule has 1 aromatic heterocycles. The van der Waals surface area contributed by atoms with Gasteiger partial charge in [0.25, 0.3) is 0 Å². The van der Waals surface area contributed by atoms with Crippen molar-refractivity contribution in [2.24, 2.45) is 0 Å². The second kappa shape index (κ2) is 5.98. The Morgan fingerprint density at radius 1 is 1.53 bits per heavy atom. The summed E-state index contributed by atoms with van der Waals surface area (Å²) in [6.45, 7) is 10.3. The molecule has 2 heterocycles. The summed E-state index contributed by atoms with van der Waals surface area (Å²) in [7, 11) is 0. The Morgan fingerprint density at radius 3 is 3.00 bits per heavy atom. The predicted molar refractivity (Wildman–Crippen MR) is 75.6 cm³/mol. The fraction of sp³-hybridized carbons (Fsp3) is 0.714. The minimum atomic E-state index is 0.600. The van der Waals surface area contributed by atoms with Crippen LogP contribution in [0.1, 0.15) is 37.1 Å². The van der Waals surface area contributed by atoms with E-state index in [1.807, 2.05) is 11.3 Å². The maximum atomic E-state index is 3.67. The van der Waals surface area contributed by atoms with Gasteiger partial charge in [0.05, 0.1) is 0 Å². The zero-order valence-electron chi connectivity index (χ0n) is 11.2. The summed E-state index contributed by atoms with van der Waals surface area (Å²) in [4.78, 5) is 4.14. The lowest BCUT2D eigenvalue weighted by atomic mass is 10.0. The molecule has 3 heteroatoms. The van der Waals surface area contributed by atoms with Gasteiger partial charge in [0, 0.05) is 30.1 Å². The summed E-state index contributed by atoms with van der Waals surface area (Å²) in [5, 5.41) is 5.87. The molecule has 0 aromatic carbocycles. The van der Waals surface area contributed by atoms with E-state index in [9.17, 15) is 0 Å². The summed E-state index contributed by atoms with van der Waals surface area (Å²) < 4.78 is 0. The van der Waals surface area contributed by atoms with Gasteiger partial charge in [0.1, 0.15) is 0 Å². The fourth-order valence-electron chi connectivity index (χ4n) is 2.58. The van der Waals surface area contributed by atoms with Crippen molar-refractivity contribution in [2.45, 2.75) is 52.2 Å². The van der Waals surface area contributed by atoms with E-state index in [0.717, 1.165) is 6.54 Å². The number of thiophene rings is 1. The summed E-state index contributed by atoms with van der Waals surface area (Å²) in [6, 6.07) is 3.51. The maximum absolute atomic E-state index is 3.67. The molecule has 2 nitrogen and oxygen atoms in total. The molecule has 2 rings (SSSR count). The number of hydrogen-bond donors (Lipinski definition) is 1. The van der Waals surface area contributed by atoms with Crippen molar-refractivity contribution in [3.63, 3.8) is 0 Å². The average Bonchev–Trinajstić information content (AvgIpc) is 2.64. The molecule has 1 fully saturated rings. The molecule has 1 unspecified atom stereocenters. The Morgan fingerprint density at radius 2 is 2.35 bits per heavy atom. The predicted octanol–water partition coefficient (Wildman–Crippen LogP) is 3.02. The first-order chi connectivity index (χ1) is 8.15. The zero-order chi connectivity index (χ0) is 12.3. The number of nitrogens with one attached hydrogen (secondary N) is 1. The van der Waals surface area contributed by atoms with Gasteiger partial charge in [-0.25, -0.2) is 0 Å². The van der Waals surface area contributed by atoms with Gasteiger partial charge in [0.15, 0.2) is 0 Å². The molecule has 1 saturated heterocycles. The molecule has 0 bridgehead atoms. The molecule has 1 aliphatic rings. The lowest BCUT2D eigenvalue weighted by Crippen LogP contribution is -2.47. The van der Waals surface area contributed by atoms with Gasteiger partial charge >= 0.3 is 0 Å². The first-order valence-electron chi connectivity index (χ1n) is 6.66. The second-order valence-corrected chi connectivity index (χ2v) is 6.42. The molecule has 0 saturated carbocycles. The van der Waals surface area contributed by atoms with Crippen LogP contribution in [0.15, 0.2) is 11.4 Å². The van der Waals surface area contributed by atoms with Crippen molar-refractivity contribution >= 4 is 11.3 Å². The van der Waals surface area contributed by atoms with Crippen LogP contribution in [0.25, 0.3) is 0 Å². The van der Waals surface area contributed by atoms with Crippen molar-refractivity contribution in [1.82, 2.24) is 10.2 Å². The van der Waals surface area contributed by atoms with E-state index in [0.29, 0.717) is 12.1 Å². The van der Waals surface area contributed by atoms with Crippen molar-refractivity contribution in [3.8, 4) is 0 Å². The zero-order valence-corrected chi connectivity index (χ0v) is 12.0. The molecule has 96 valence electrons. The van der Waals surface area contributed by atoms with Crippen LogP contribution in [-0.2, 0) is 6.54 Å². The van der Waals surface area contributed by atoms with Crippen molar-refractivity contribution < 1.29 is 0 Å². The number of hydrogen-bond acceptors (Lipinski definition) is 3. The number of likely N-dealkylation sites (tertiary alicyclic amines) is 1. The molecule has 0 radical (unpaired) electrons. The van der Waals surface area contributed by atoms with E-state index >= 15 is 0 Å². The Labute approximate surface area is 109 Å². The van der Waals surface area contributed by atoms with Gasteiger partial charge in [-0.05, 0) is 43.3 Å². The highest BCUT2D eigenvalue weighted by Gasteiger charge is 2.20. The third-order valence-corrected chi connectivity index (χ3v) is 4.42. The van der Waals surface area contributed by atoms with E-state index in [-0.39, 0.29) is 0 Å². The highest BCUT2D eigenvalue weighted by Crippen LogP contribution is 2.20. The van der Waals surface area contributed by atoms with Crippen LogP contribution in [0.5, 0.6) is 0 Å². The van der Waals surface area contributed by atoms with Gasteiger partial charge in [-0.2, -0.15) is 0 Å². The van der Waals surface area contributed by atoms with Gasteiger partial charge in [-0.3, -0.25) is 4.90 Å². The maximum Gasteiger partial charge on any atom is 0.0331 e. The van der Waals surface area contributed by atoms with Crippen molar-refractivity contribution in [2.75, 3.05) is 13.1 Å². The average molecular weight is 252 g/mol. The smallest absolute Gasteiger partial charge is 0.0331 e. The van der Waals surface area contributed by atoms with E-state index in [1.165, 1.54) is 36.4 Å². The molecule has 1 atom stereocenters. The van der Waals surface area contributed by atoms with E-state index in [2.05, 4.69) is 42.4 Å². The number of rotatable bonds is 4. The molecular weight excluding hydrogens is 228 g/mol. The summed E-state index contributed by atoms with van der Waals surface area (Å²) in [5.41, 5.74) is 1.45. The van der Waals surface area contributed by atoms with Crippen LogP contribution in [0.2, 0.25) is 0 Å². The Kier molecular flexibility index (Phi) is 4.60. The minimum absolute atomic E-state index is 0.600. The number of aryl methyl sites for hydroxylation is 1. The Balaban J connectivity index is 1.87. The number of nitrogens with zero attached hydrogens (tertiary/aromatic N) is 1. The van der Waals surface area contributed by atoms with Crippen LogP contribution in [0, 0.1) is 6.92 Å². The monoisotopic (exact) mass is 252 g/mol. The molecule has 1 N–H and O–H groups in total.